The second-order valence-electron chi connectivity index (χ2n) is 7.77. The van der Waals surface area contributed by atoms with Gasteiger partial charge < -0.3 is 0 Å². The van der Waals surface area contributed by atoms with Crippen molar-refractivity contribution in [1.29, 1.82) is 0 Å². The molecule has 2 aromatic rings. The van der Waals surface area contributed by atoms with E-state index in [9.17, 15) is 14.8 Å². The molecule has 27 heavy (non-hydrogen) atoms. The van der Waals surface area contributed by atoms with Crippen LogP contribution in [0.25, 0.3) is 11.0 Å². The molecule has 0 fully saturated rings. The number of benzene rings is 1. The molecule has 0 spiro atoms. The van der Waals surface area contributed by atoms with E-state index in [2.05, 4.69) is 46.8 Å². The summed E-state index contributed by atoms with van der Waals surface area (Å²) in [4.78, 5) is 27.5. The predicted molar refractivity (Wildman–Crippen MR) is 101 cm³/mol. The summed E-state index contributed by atoms with van der Waals surface area (Å²) in [7, 11) is 0. The maximum atomic E-state index is 12.5. The van der Waals surface area contributed by atoms with Gasteiger partial charge in [0.2, 0.25) is 12.3 Å². The molecule has 1 unspecified atom stereocenters. The first-order valence-corrected chi connectivity index (χ1v) is 8.76. The van der Waals surface area contributed by atoms with Gasteiger partial charge >= 0.3 is 0 Å². The first kappa shape index (κ1) is 20.5. The fourth-order valence-corrected chi connectivity index (χ4v) is 2.50. The van der Waals surface area contributed by atoms with E-state index in [1.165, 1.54) is 0 Å². The van der Waals surface area contributed by atoms with Crippen LogP contribution in [0.3, 0.4) is 0 Å². The standard InChI is InChI=1S/C18H26N6O3/c1-12-5-6-14-15(9-12)20-22-17(19-14)23-21-16(26)13(10-24(27)11-25)7-8-18(2,3)4/h5-6,9,11,13,27H,7-8,10H2,1-4H3,(H,21,26)(H,19,22,23). The van der Waals surface area contributed by atoms with Crippen molar-refractivity contribution in [3.63, 3.8) is 0 Å². The fraction of sp³-hybridized carbons (Fsp3) is 0.500. The molecular weight excluding hydrogens is 348 g/mol. The molecular formula is C18H26N6O3. The SMILES string of the molecule is Cc1ccc2nc(NNC(=O)C(CCC(C)(C)C)CN(O)C=O)nnc2c1. The molecule has 2 amide bonds. The van der Waals surface area contributed by atoms with E-state index < -0.39 is 5.92 Å². The number of aryl methyl sites for hydroxylation is 1. The van der Waals surface area contributed by atoms with Gasteiger partial charge in [-0.05, 0) is 42.9 Å². The van der Waals surface area contributed by atoms with E-state index in [0.29, 0.717) is 22.5 Å². The minimum atomic E-state index is -0.581. The highest BCUT2D eigenvalue weighted by atomic mass is 16.5. The van der Waals surface area contributed by atoms with Crippen LogP contribution in [0, 0.1) is 18.3 Å². The number of nitrogens with one attached hydrogen (secondary N) is 2. The van der Waals surface area contributed by atoms with E-state index in [0.717, 1.165) is 12.0 Å². The molecule has 0 bridgehead atoms. The molecule has 146 valence electrons. The Morgan fingerprint density at radius 1 is 1.30 bits per heavy atom. The Hall–Kier alpha value is -2.81. The summed E-state index contributed by atoms with van der Waals surface area (Å²) in [5, 5.41) is 18.0. The maximum Gasteiger partial charge on any atom is 0.262 e. The van der Waals surface area contributed by atoms with Crippen LogP contribution < -0.4 is 10.9 Å². The molecule has 0 aliphatic rings. The molecule has 0 radical (unpaired) electrons. The number of hydrazine groups is 1. The smallest absolute Gasteiger partial charge is 0.262 e. The normalized spacial score (nSPS) is 12.5. The summed E-state index contributed by atoms with van der Waals surface area (Å²) in [6.45, 7) is 8.05. The number of hydroxylamine groups is 2. The Kier molecular flexibility index (Phi) is 6.62. The van der Waals surface area contributed by atoms with Crippen molar-refractivity contribution in [3.05, 3.63) is 23.8 Å². The molecule has 0 saturated heterocycles. The molecule has 1 atom stereocenters. The van der Waals surface area contributed by atoms with Gasteiger partial charge in [0.25, 0.3) is 5.95 Å². The highest BCUT2D eigenvalue weighted by molar-refractivity contribution is 5.80. The van der Waals surface area contributed by atoms with Crippen LogP contribution in [0.4, 0.5) is 5.95 Å². The predicted octanol–water partition coefficient (Wildman–Crippen LogP) is 2.07. The minimum Gasteiger partial charge on any atom is -0.286 e. The van der Waals surface area contributed by atoms with E-state index in [-0.39, 0.29) is 30.2 Å². The average Bonchev–Trinajstić information content (AvgIpc) is 2.62. The summed E-state index contributed by atoms with van der Waals surface area (Å²) < 4.78 is 0. The first-order chi connectivity index (χ1) is 12.7. The van der Waals surface area contributed by atoms with Crippen molar-refractivity contribution in [2.24, 2.45) is 11.3 Å². The molecule has 3 N–H and O–H groups in total. The van der Waals surface area contributed by atoms with Crippen molar-refractivity contribution in [2.75, 3.05) is 12.0 Å². The second kappa shape index (κ2) is 8.72. The van der Waals surface area contributed by atoms with Crippen LogP contribution in [0.2, 0.25) is 0 Å². The lowest BCUT2D eigenvalue weighted by molar-refractivity contribution is -0.154. The molecule has 1 aromatic heterocycles. The fourth-order valence-electron chi connectivity index (χ4n) is 2.50. The summed E-state index contributed by atoms with van der Waals surface area (Å²) in [6, 6.07) is 5.61. The number of amides is 2. The number of carbonyl (C=O) groups is 2. The molecule has 9 nitrogen and oxygen atoms in total. The molecule has 9 heteroatoms. The molecule has 0 aliphatic heterocycles. The maximum absolute atomic E-state index is 12.5. The number of nitrogens with zero attached hydrogens (tertiary/aromatic N) is 4. The van der Waals surface area contributed by atoms with Crippen LogP contribution in [-0.2, 0) is 9.59 Å². The number of fused-ring (bicyclic) bond motifs is 1. The highest BCUT2D eigenvalue weighted by Gasteiger charge is 2.23. The van der Waals surface area contributed by atoms with Crippen LogP contribution in [0.15, 0.2) is 18.2 Å². The summed E-state index contributed by atoms with van der Waals surface area (Å²) in [5.74, 6) is -0.791. The van der Waals surface area contributed by atoms with E-state index in [1.54, 1.807) is 0 Å². The van der Waals surface area contributed by atoms with Gasteiger partial charge in [-0.2, -0.15) is 0 Å². The Balaban J connectivity index is 2.02. The van der Waals surface area contributed by atoms with Crippen molar-refractivity contribution < 1.29 is 14.8 Å². The Bertz CT molecular complexity index is 805. The number of hydrogen-bond donors (Lipinski definition) is 3. The van der Waals surface area contributed by atoms with Gasteiger partial charge in [0.05, 0.1) is 18.0 Å². The quantitative estimate of drug-likeness (QED) is 0.367. The topological polar surface area (TPSA) is 120 Å². The Morgan fingerprint density at radius 3 is 2.70 bits per heavy atom. The largest absolute Gasteiger partial charge is 0.286 e. The highest BCUT2D eigenvalue weighted by Crippen LogP contribution is 2.24. The van der Waals surface area contributed by atoms with Gasteiger partial charge in [0, 0.05) is 0 Å². The van der Waals surface area contributed by atoms with Gasteiger partial charge in [-0.3, -0.25) is 25.6 Å². The summed E-state index contributed by atoms with van der Waals surface area (Å²) >= 11 is 0. The zero-order valence-corrected chi connectivity index (χ0v) is 16.1. The van der Waals surface area contributed by atoms with Gasteiger partial charge in [-0.25, -0.2) is 10.0 Å². The lowest BCUT2D eigenvalue weighted by atomic mass is 9.86. The van der Waals surface area contributed by atoms with E-state index in [1.807, 2.05) is 25.1 Å². The third kappa shape index (κ3) is 6.45. The second-order valence-corrected chi connectivity index (χ2v) is 7.77. The van der Waals surface area contributed by atoms with Crippen LogP contribution in [0.5, 0.6) is 0 Å². The van der Waals surface area contributed by atoms with Gasteiger partial charge in [-0.15, -0.1) is 10.2 Å². The summed E-state index contributed by atoms with van der Waals surface area (Å²) in [5.41, 5.74) is 7.57. The van der Waals surface area contributed by atoms with Crippen molar-refractivity contribution >= 4 is 29.3 Å². The van der Waals surface area contributed by atoms with Crippen LogP contribution in [-0.4, -0.2) is 44.3 Å². The molecule has 1 heterocycles. The van der Waals surface area contributed by atoms with Crippen molar-refractivity contribution in [1.82, 2.24) is 25.7 Å². The lowest BCUT2D eigenvalue weighted by Gasteiger charge is -2.24. The number of aromatic nitrogens is 3. The van der Waals surface area contributed by atoms with Gasteiger partial charge in [0.15, 0.2) is 0 Å². The van der Waals surface area contributed by atoms with Gasteiger partial charge in [0.1, 0.15) is 5.52 Å². The molecule has 0 aliphatic carbocycles. The van der Waals surface area contributed by atoms with E-state index >= 15 is 0 Å². The van der Waals surface area contributed by atoms with Crippen LogP contribution >= 0.6 is 0 Å². The number of rotatable bonds is 8. The summed E-state index contributed by atoms with van der Waals surface area (Å²) in [6.07, 6.45) is 1.55. The van der Waals surface area contributed by atoms with Crippen molar-refractivity contribution in [3.8, 4) is 0 Å². The third-order valence-electron chi connectivity index (χ3n) is 4.05. The van der Waals surface area contributed by atoms with E-state index in [4.69, 9.17) is 0 Å². The average molecular weight is 374 g/mol. The van der Waals surface area contributed by atoms with Crippen molar-refractivity contribution in [2.45, 2.75) is 40.5 Å². The molecule has 2 rings (SSSR count). The zero-order chi connectivity index (χ0) is 20.0. The zero-order valence-electron chi connectivity index (χ0n) is 16.1. The number of carbonyl (C=O) groups excluding carboxylic acids is 2. The molecule has 1 aromatic carbocycles. The van der Waals surface area contributed by atoms with Gasteiger partial charge in [-0.1, -0.05) is 26.8 Å². The van der Waals surface area contributed by atoms with Crippen LogP contribution in [0.1, 0.15) is 39.2 Å². The Morgan fingerprint density at radius 2 is 2.04 bits per heavy atom. The molecule has 0 saturated carbocycles. The number of hydrogen-bond acceptors (Lipinski definition) is 7. The third-order valence-corrected chi connectivity index (χ3v) is 4.05. The number of anilines is 1. The lowest BCUT2D eigenvalue weighted by Crippen LogP contribution is -2.41. The minimum absolute atomic E-state index is 0.0247. The Labute approximate surface area is 158 Å². The monoisotopic (exact) mass is 374 g/mol. The first-order valence-electron chi connectivity index (χ1n) is 8.76.